The summed E-state index contributed by atoms with van der Waals surface area (Å²) in [4.78, 5) is 26.7. The number of halogens is 1. The molecule has 6 nitrogen and oxygen atoms in total. The highest BCUT2D eigenvalue weighted by Crippen LogP contribution is 2.36. The van der Waals surface area contributed by atoms with Gasteiger partial charge in [-0.3, -0.25) is 14.5 Å². The summed E-state index contributed by atoms with van der Waals surface area (Å²) in [5.41, 5.74) is 8.20. The Hall–Kier alpha value is -2.70. The predicted octanol–water partition coefficient (Wildman–Crippen LogP) is 3.22. The van der Waals surface area contributed by atoms with Gasteiger partial charge in [0.15, 0.2) is 0 Å². The van der Waals surface area contributed by atoms with Gasteiger partial charge in [-0.25, -0.2) is 5.01 Å². The summed E-state index contributed by atoms with van der Waals surface area (Å²) in [5.74, 6) is -0.415. The van der Waals surface area contributed by atoms with Gasteiger partial charge in [-0.05, 0) is 43.1 Å². The molecule has 0 saturated carbocycles. The van der Waals surface area contributed by atoms with Gasteiger partial charge in [-0.2, -0.15) is 5.10 Å². The molecule has 1 fully saturated rings. The summed E-state index contributed by atoms with van der Waals surface area (Å²) >= 11 is 6.46. The van der Waals surface area contributed by atoms with Crippen molar-refractivity contribution >= 4 is 29.1 Å². The maximum absolute atomic E-state index is 13.2. The Kier molecular flexibility index (Phi) is 6.16. The van der Waals surface area contributed by atoms with Gasteiger partial charge >= 0.3 is 0 Å². The third kappa shape index (κ3) is 4.40. The van der Waals surface area contributed by atoms with Crippen molar-refractivity contribution in [2.45, 2.75) is 25.3 Å². The zero-order chi connectivity index (χ0) is 21.1. The highest BCUT2D eigenvalue weighted by molar-refractivity contribution is 6.31. The fraction of sp³-hybridized carbons (Fsp3) is 0.348. The Morgan fingerprint density at radius 3 is 2.37 bits per heavy atom. The molecular weight excluding hydrogens is 400 g/mol. The number of hydrogen-bond acceptors (Lipinski definition) is 4. The molecule has 30 heavy (non-hydrogen) atoms. The average molecular weight is 425 g/mol. The Morgan fingerprint density at radius 1 is 1.03 bits per heavy atom. The average Bonchev–Trinajstić information content (AvgIpc) is 3.20. The maximum atomic E-state index is 13.2. The molecule has 2 amide bonds. The van der Waals surface area contributed by atoms with Gasteiger partial charge in [0.2, 0.25) is 5.91 Å². The third-order valence-electron chi connectivity index (χ3n) is 5.89. The number of hydrazone groups is 1. The number of likely N-dealkylation sites (tertiary alicyclic amines) is 1. The van der Waals surface area contributed by atoms with Crippen molar-refractivity contribution in [2.75, 3.05) is 19.6 Å². The molecule has 0 bridgehead atoms. The second kappa shape index (κ2) is 8.98. The predicted molar refractivity (Wildman–Crippen MR) is 117 cm³/mol. The number of amides is 2. The van der Waals surface area contributed by atoms with Crippen molar-refractivity contribution in [1.29, 1.82) is 0 Å². The van der Waals surface area contributed by atoms with Gasteiger partial charge in [0.25, 0.3) is 5.91 Å². The summed E-state index contributed by atoms with van der Waals surface area (Å²) in [5, 5.41) is 6.93. The lowest BCUT2D eigenvalue weighted by Gasteiger charge is -2.31. The highest BCUT2D eigenvalue weighted by Gasteiger charge is 2.35. The molecule has 2 aliphatic rings. The van der Waals surface area contributed by atoms with E-state index in [9.17, 15) is 9.59 Å². The standard InChI is InChI=1S/C23H25ClN4O2/c24-19-9-5-4-8-18(19)21-14-20(16-6-2-1-3-7-16)26-28(21)22(29)15-27-12-10-17(11-13-27)23(25)30/h1-9,17,21H,10-15H2,(H2,25,30). The summed E-state index contributed by atoms with van der Waals surface area (Å²) in [6.07, 6.45) is 1.99. The lowest BCUT2D eigenvalue weighted by Crippen LogP contribution is -2.44. The van der Waals surface area contributed by atoms with Crippen molar-refractivity contribution in [3.8, 4) is 0 Å². The van der Waals surface area contributed by atoms with Gasteiger partial charge < -0.3 is 5.73 Å². The number of piperidine rings is 1. The monoisotopic (exact) mass is 424 g/mol. The Morgan fingerprint density at radius 2 is 1.70 bits per heavy atom. The summed E-state index contributed by atoms with van der Waals surface area (Å²) < 4.78 is 0. The molecular formula is C23H25ClN4O2. The Labute approximate surface area is 181 Å². The summed E-state index contributed by atoms with van der Waals surface area (Å²) in [6.45, 7) is 1.62. The van der Waals surface area contributed by atoms with Gasteiger partial charge in [0.05, 0.1) is 18.3 Å². The van der Waals surface area contributed by atoms with Crippen LogP contribution < -0.4 is 5.73 Å². The molecule has 7 heteroatoms. The van der Waals surface area contributed by atoms with Crippen molar-refractivity contribution in [1.82, 2.24) is 9.91 Å². The minimum atomic E-state index is -0.253. The molecule has 2 aliphatic heterocycles. The smallest absolute Gasteiger partial charge is 0.257 e. The number of benzene rings is 2. The molecule has 0 radical (unpaired) electrons. The molecule has 0 aliphatic carbocycles. The van der Waals surface area contributed by atoms with E-state index in [1.807, 2.05) is 54.6 Å². The summed E-state index contributed by atoms with van der Waals surface area (Å²) in [7, 11) is 0. The molecule has 2 aromatic carbocycles. The van der Waals surface area contributed by atoms with Gasteiger partial charge in [0, 0.05) is 17.4 Å². The van der Waals surface area contributed by atoms with Crippen LogP contribution in [-0.4, -0.2) is 47.1 Å². The van der Waals surface area contributed by atoms with E-state index < -0.39 is 0 Å². The fourth-order valence-corrected chi connectivity index (χ4v) is 4.43. The second-order valence-corrected chi connectivity index (χ2v) is 8.25. The molecule has 1 saturated heterocycles. The number of carbonyl (C=O) groups is 2. The van der Waals surface area contributed by atoms with E-state index >= 15 is 0 Å². The van der Waals surface area contributed by atoms with Crippen LogP contribution in [0.2, 0.25) is 5.02 Å². The van der Waals surface area contributed by atoms with Gasteiger partial charge in [0.1, 0.15) is 0 Å². The van der Waals surface area contributed by atoms with Crippen LogP contribution in [0.15, 0.2) is 59.7 Å². The van der Waals surface area contributed by atoms with E-state index in [2.05, 4.69) is 4.90 Å². The summed E-state index contributed by atoms with van der Waals surface area (Å²) in [6, 6.07) is 17.3. The zero-order valence-corrected chi connectivity index (χ0v) is 17.5. The van der Waals surface area contributed by atoms with Crippen LogP contribution in [0.4, 0.5) is 0 Å². The van der Waals surface area contributed by atoms with Crippen LogP contribution in [0.5, 0.6) is 0 Å². The molecule has 0 aromatic heterocycles. The number of nitrogens with two attached hydrogens (primary N) is 1. The van der Waals surface area contributed by atoms with E-state index in [0.29, 0.717) is 37.4 Å². The van der Waals surface area contributed by atoms with Crippen LogP contribution in [0.25, 0.3) is 0 Å². The topological polar surface area (TPSA) is 79.0 Å². The lowest BCUT2D eigenvalue weighted by atomic mass is 9.96. The molecule has 1 unspecified atom stereocenters. The van der Waals surface area contributed by atoms with Gasteiger partial charge in [-0.1, -0.05) is 60.1 Å². The van der Waals surface area contributed by atoms with E-state index in [4.69, 9.17) is 22.4 Å². The normalized spacial score (nSPS) is 20.2. The first-order chi connectivity index (χ1) is 14.5. The van der Waals surface area contributed by atoms with Crippen molar-refractivity contribution < 1.29 is 9.59 Å². The first kappa shape index (κ1) is 20.6. The van der Waals surface area contributed by atoms with E-state index in [1.165, 1.54) is 0 Å². The third-order valence-corrected chi connectivity index (χ3v) is 6.23. The zero-order valence-electron chi connectivity index (χ0n) is 16.7. The Balaban J connectivity index is 1.54. The quantitative estimate of drug-likeness (QED) is 0.800. The van der Waals surface area contributed by atoms with Crippen LogP contribution in [0.1, 0.15) is 36.4 Å². The molecule has 1 atom stereocenters. The van der Waals surface area contributed by atoms with Gasteiger partial charge in [-0.15, -0.1) is 0 Å². The fourth-order valence-electron chi connectivity index (χ4n) is 4.17. The van der Waals surface area contributed by atoms with Crippen LogP contribution in [0.3, 0.4) is 0 Å². The van der Waals surface area contributed by atoms with Crippen molar-refractivity contribution in [3.63, 3.8) is 0 Å². The maximum Gasteiger partial charge on any atom is 0.257 e. The molecule has 2 N–H and O–H groups in total. The second-order valence-electron chi connectivity index (χ2n) is 7.85. The van der Waals surface area contributed by atoms with Crippen LogP contribution in [0, 0.1) is 5.92 Å². The molecule has 2 heterocycles. The minimum Gasteiger partial charge on any atom is -0.369 e. The number of carbonyl (C=O) groups excluding carboxylic acids is 2. The van der Waals surface area contributed by atoms with Crippen LogP contribution in [-0.2, 0) is 9.59 Å². The molecule has 0 spiro atoms. The number of rotatable bonds is 5. The molecule has 2 aromatic rings. The lowest BCUT2D eigenvalue weighted by molar-refractivity contribution is -0.134. The number of hydrogen-bond donors (Lipinski definition) is 1. The highest BCUT2D eigenvalue weighted by atomic mass is 35.5. The van der Waals surface area contributed by atoms with Crippen molar-refractivity contribution in [2.24, 2.45) is 16.8 Å². The van der Waals surface area contributed by atoms with Crippen LogP contribution >= 0.6 is 11.6 Å². The first-order valence-corrected chi connectivity index (χ1v) is 10.6. The largest absolute Gasteiger partial charge is 0.369 e. The minimum absolute atomic E-state index is 0.0663. The number of primary amides is 1. The van der Waals surface area contributed by atoms with E-state index in [1.54, 1.807) is 5.01 Å². The SMILES string of the molecule is NC(=O)C1CCN(CC(=O)N2N=C(c3ccccc3)CC2c2ccccc2Cl)CC1. The molecule has 156 valence electrons. The molecule has 4 rings (SSSR count). The van der Waals surface area contributed by atoms with E-state index in [0.717, 1.165) is 16.8 Å². The first-order valence-electron chi connectivity index (χ1n) is 10.2. The Bertz CT molecular complexity index is 955. The van der Waals surface area contributed by atoms with E-state index in [-0.39, 0.29) is 30.3 Å². The number of nitrogens with zero attached hydrogens (tertiary/aromatic N) is 3. The van der Waals surface area contributed by atoms with Crippen molar-refractivity contribution in [3.05, 3.63) is 70.7 Å².